The number of rotatable bonds is 7. The maximum atomic E-state index is 11.1. The molecule has 0 aliphatic rings. The highest BCUT2D eigenvalue weighted by molar-refractivity contribution is 6.15. The number of aromatic amines is 1. The van der Waals surface area contributed by atoms with E-state index in [1.165, 1.54) is 0 Å². The van der Waals surface area contributed by atoms with Gasteiger partial charge in [0.05, 0.1) is 41.4 Å². The van der Waals surface area contributed by atoms with Gasteiger partial charge in [0.2, 0.25) is 0 Å². The Labute approximate surface area is 223 Å². The van der Waals surface area contributed by atoms with Crippen molar-refractivity contribution in [3.05, 3.63) is 59.7 Å². The molecule has 10 nitrogen and oxygen atoms in total. The first kappa shape index (κ1) is 24.4. The Balaban J connectivity index is 1.62. The molecule has 0 aliphatic carbocycles. The first-order valence-electron chi connectivity index (χ1n) is 12.5. The van der Waals surface area contributed by atoms with Crippen LogP contribution in [0.2, 0.25) is 0 Å². The summed E-state index contributed by atoms with van der Waals surface area (Å²) in [4.78, 5) is 28.9. The molecule has 0 aliphatic heterocycles. The van der Waals surface area contributed by atoms with Gasteiger partial charge < -0.3 is 24.7 Å². The molecule has 0 spiro atoms. The Morgan fingerprint density at radius 2 is 1.87 bits per heavy atom. The van der Waals surface area contributed by atoms with Crippen LogP contribution >= 0.6 is 0 Å². The number of benzene rings is 2. The standard InChI is InChI=1S/C29H26N6O4/c1-14-26(15(2)39-35-14)20-11-22-19(12-23(20)38-4)27-28(31-16(3)32-29(27)34-22)18-13-24(30-10-9-25(36)37)33-21-8-6-5-7-17(18)21/h5-8,11-13H,9-10H2,1-4H3,(H,30,33)(H,36,37)(H,31,32,34). The average Bonchev–Trinajstić information content (AvgIpc) is 3.44. The topological polar surface area (TPSA) is 139 Å². The molecule has 2 aromatic carbocycles. The number of pyridine rings is 1. The number of hydrogen-bond acceptors (Lipinski definition) is 8. The van der Waals surface area contributed by atoms with E-state index in [-0.39, 0.29) is 13.0 Å². The van der Waals surface area contributed by atoms with Crippen molar-refractivity contribution < 1.29 is 19.2 Å². The molecule has 0 unspecified atom stereocenters. The number of carboxylic acids is 1. The third-order valence-corrected chi connectivity index (χ3v) is 6.80. The zero-order valence-corrected chi connectivity index (χ0v) is 21.9. The fourth-order valence-electron chi connectivity index (χ4n) is 5.12. The molecule has 0 atom stereocenters. The summed E-state index contributed by atoms with van der Waals surface area (Å²) >= 11 is 0. The Morgan fingerprint density at radius 3 is 2.62 bits per heavy atom. The second-order valence-corrected chi connectivity index (χ2v) is 9.41. The van der Waals surface area contributed by atoms with Crippen molar-refractivity contribution in [2.24, 2.45) is 0 Å². The molecule has 4 aromatic heterocycles. The first-order valence-corrected chi connectivity index (χ1v) is 12.5. The van der Waals surface area contributed by atoms with Gasteiger partial charge in [0.1, 0.15) is 28.8 Å². The highest BCUT2D eigenvalue weighted by Crippen LogP contribution is 2.42. The minimum absolute atomic E-state index is 0.0175. The highest BCUT2D eigenvalue weighted by Gasteiger charge is 2.22. The van der Waals surface area contributed by atoms with Crippen LogP contribution in [-0.4, -0.2) is 49.8 Å². The summed E-state index contributed by atoms with van der Waals surface area (Å²) in [5.74, 6) is 1.71. The van der Waals surface area contributed by atoms with Crippen molar-refractivity contribution in [2.45, 2.75) is 27.2 Å². The number of nitrogens with one attached hydrogen (secondary N) is 2. The van der Waals surface area contributed by atoms with Crippen molar-refractivity contribution in [3.8, 4) is 28.1 Å². The van der Waals surface area contributed by atoms with Crippen LogP contribution in [0.3, 0.4) is 0 Å². The van der Waals surface area contributed by atoms with E-state index >= 15 is 0 Å². The highest BCUT2D eigenvalue weighted by atomic mass is 16.5. The van der Waals surface area contributed by atoms with Crippen LogP contribution in [0, 0.1) is 20.8 Å². The summed E-state index contributed by atoms with van der Waals surface area (Å²) < 4.78 is 11.3. The number of ether oxygens (including phenoxy) is 1. The molecule has 0 fully saturated rings. The van der Waals surface area contributed by atoms with E-state index in [0.717, 1.165) is 55.3 Å². The Hall–Kier alpha value is -4.99. The molecule has 0 bridgehead atoms. The fraction of sp³-hybridized carbons (Fsp3) is 0.207. The van der Waals surface area contributed by atoms with E-state index in [1.54, 1.807) is 7.11 Å². The predicted octanol–water partition coefficient (Wildman–Crippen LogP) is 5.80. The Kier molecular flexibility index (Phi) is 5.86. The largest absolute Gasteiger partial charge is 0.496 e. The Bertz CT molecular complexity index is 1890. The number of aromatic nitrogens is 5. The third kappa shape index (κ3) is 4.19. The lowest BCUT2D eigenvalue weighted by molar-refractivity contribution is -0.136. The summed E-state index contributed by atoms with van der Waals surface area (Å²) in [7, 11) is 1.64. The lowest BCUT2D eigenvalue weighted by Crippen LogP contribution is -2.09. The van der Waals surface area contributed by atoms with E-state index in [0.29, 0.717) is 28.8 Å². The van der Waals surface area contributed by atoms with Crippen molar-refractivity contribution in [1.82, 2.24) is 25.1 Å². The number of carbonyl (C=O) groups is 1. The molecular formula is C29H26N6O4. The van der Waals surface area contributed by atoms with E-state index in [9.17, 15) is 4.79 Å². The zero-order valence-electron chi connectivity index (χ0n) is 21.9. The van der Waals surface area contributed by atoms with Crippen LogP contribution in [-0.2, 0) is 4.79 Å². The summed E-state index contributed by atoms with van der Waals surface area (Å²) in [6, 6.07) is 13.8. The lowest BCUT2D eigenvalue weighted by atomic mass is 9.98. The normalized spacial score (nSPS) is 11.5. The number of aryl methyl sites for hydroxylation is 3. The van der Waals surface area contributed by atoms with Crippen LogP contribution in [0.15, 0.2) is 47.0 Å². The second kappa shape index (κ2) is 9.39. The van der Waals surface area contributed by atoms with Crippen molar-refractivity contribution >= 4 is 44.6 Å². The molecule has 0 saturated heterocycles. The molecule has 0 saturated carbocycles. The molecule has 0 amide bonds. The zero-order chi connectivity index (χ0) is 27.3. The minimum atomic E-state index is -0.875. The van der Waals surface area contributed by atoms with Crippen LogP contribution in [0.5, 0.6) is 5.75 Å². The number of carboxylic acid groups (broad SMARTS) is 1. The van der Waals surface area contributed by atoms with Crippen molar-refractivity contribution in [3.63, 3.8) is 0 Å². The van der Waals surface area contributed by atoms with Crippen LogP contribution in [0.1, 0.15) is 23.7 Å². The summed E-state index contributed by atoms with van der Waals surface area (Å²) in [5, 5.41) is 19.0. The number of hydrogen-bond donors (Lipinski definition) is 3. The van der Waals surface area contributed by atoms with Gasteiger partial charge in [0, 0.05) is 34.0 Å². The number of nitrogens with zero attached hydrogens (tertiary/aromatic N) is 4. The second-order valence-electron chi connectivity index (χ2n) is 9.41. The maximum absolute atomic E-state index is 11.1. The van der Waals surface area contributed by atoms with Gasteiger partial charge >= 0.3 is 5.97 Å². The summed E-state index contributed by atoms with van der Waals surface area (Å²) in [6.45, 7) is 5.91. The first-order chi connectivity index (χ1) is 18.8. The molecule has 39 heavy (non-hydrogen) atoms. The van der Waals surface area contributed by atoms with Crippen LogP contribution in [0.25, 0.3) is 55.2 Å². The van der Waals surface area contributed by atoms with Crippen LogP contribution < -0.4 is 10.1 Å². The molecule has 0 radical (unpaired) electrons. The smallest absolute Gasteiger partial charge is 0.305 e. The molecule has 4 heterocycles. The summed E-state index contributed by atoms with van der Waals surface area (Å²) in [6.07, 6.45) is -0.0175. The molecule has 10 heteroatoms. The number of H-pyrrole nitrogens is 1. The SMILES string of the molecule is COc1cc2c(cc1-c1c(C)noc1C)[nH]c1nc(C)nc(-c3cc(NCCC(=O)O)nc4ccccc34)c12. The predicted molar refractivity (Wildman–Crippen MR) is 149 cm³/mol. The monoisotopic (exact) mass is 522 g/mol. The Morgan fingerprint density at radius 1 is 1.05 bits per heavy atom. The number of methoxy groups -OCH3 is 1. The molecular weight excluding hydrogens is 496 g/mol. The minimum Gasteiger partial charge on any atom is -0.496 e. The van der Waals surface area contributed by atoms with Crippen molar-refractivity contribution in [1.29, 1.82) is 0 Å². The number of fused-ring (bicyclic) bond motifs is 4. The fourth-order valence-corrected chi connectivity index (χ4v) is 5.12. The van der Waals surface area contributed by atoms with Crippen molar-refractivity contribution in [2.75, 3.05) is 19.0 Å². The van der Waals surface area contributed by atoms with E-state index in [2.05, 4.69) is 15.5 Å². The molecule has 3 N–H and O–H groups in total. The number of aliphatic carboxylic acids is 1. The number of anilines is 1. The maximum Gasteiger partial charge on any atom is 0.305 e. The number of para-hydroxylation sites is 1. The van der Waals surface area contributed by atoms with Crippen LogP contribution in [0.4, 0.5) is 5.82 Å². The van der Waals surface area contributed by atoms with E-state index in [1.807, 2.05) is 63.2 Å². The molecule has 196 valence electrons. The van der Waals surface area contributed by atoms with E-state index in [4.69, 9.17) is 29.3 Å². The average molecular weight is 523 g/mol. The summed E-state index contributed by atoms with van der Waals surface area (Å²) in [5.41, 5.74) is 6.51. The quantitative estimate of drug-likeness (QED) is 0.237. The van der Waals surface area contributed by atoms with Gasteiger partial charge in [0.15, 0.2) is 0 Å². The third-order valence-electron chi connectivity index (χ3n) is 6.80. The lowest BCUT2D eigenvalue weighted by Gasteiger charge is -2.12. The molecule has 6 aromatic rings. The van der Waals surface area contributed by atoms with Gasteiger partial charge in [0.25, 0.3) is 0 Å². The van der Waals surface area contributed by atoms with Gasteiger partial charge in [-0.25, -0.2) is 15.0 Å². The van der Waals surface area contributed by atoms with Gasteiger partial charge in [-0.15, -0.1) is 0 Å². The van der Waals surface area contributed by atoms with Gasteiger partial charge in [-0.1, -0.05) is 23.4 Å². The van der Waals surface area contributed by atoms with Gasteiger partial charge in [-0.2, -0.15) is 0 Å². The van der Waals surface area contributed by atoms with Gasteiger partial charge in [-0.3, -0.25) is 4.79 Å². The molecule has 6 rings (SSSR count). The van der Waals surface area contributed by atoms with E-state index < -0.39 is 5.97 Å². The van der Waals surface area contributed by atoms with Gasteiger partial charge in [-0.05, 0) is 45.0 Å².